The van der Waals surface area contributed by atoms with E-state index in [-0.39, 0.29) is 12.5 Å². The van der Waals surface area contributed by atoms with Crippen molar-refractivity contribution in [2.45, 2.75) is 58.4 Å². The van der Waals surface area contributed by atoms with Crippen LogP contribution in [0.2, 0.25) is 0 Å². The fourth-order valence-corrected chi connectivity index (χ4v) is 6.37. The highest BCUT2D eigenvalue weighted by molar-refractivity contribution is 7.22. The molecule has 0 unspecified atom stereocenters. The summed E-state index contributed by atoms with van der Waals surface area (Å²) in [6, 6.07) is 16.4. The molecule has 0 bridgehead atoms. The first-order valence-electron chi connectivity index (χ1n) is 12.9. The number of aromatic amines is 1. The topological polar surface area (TPSA) is 112 Å². The molecule has 0 saturated heterocycles. The van der Waals surface area contributed by atoms with Crippen molar-refractivity contribution in [3.63, 3.8) is 0 Å². The molecule has 0 atom stereocenters. The van der Waals surface area contributed by atoms with Gasteiger partial charge in [-0.2, -0.15) is 5.21 Å². The second kappa shape index (κ2) is 10.8. The normalized spacial score (nSPS) is 14.7. The summed E-state index contributed by atoms with van der Waals surface area (Å²) in [6.45, 7) is 2.75. The first kappa shape index (κ1) is 25.1. The van der Waals surface area contributed by atoms with Crippen molar-refractivity contribution in [1.29, 1.82) is 0 Å². The average Bonchev–Trinajstić information content (AvgIpc) is 3.68. The summed E-state index contributed by atoms with van der Waals surface area (Å²) in [5, 5.41) is 25.6. The van der Waals surface area contributed by atoms with Crippen LogP contribution in [0.1, 0.15) is 57.4 Å². The molecule has 1 fully saturated rings. The number of aromatic nitrogens is 4. The fraction of sp³-hybridized carbons (Fsp3) is 0.393. The van der Waals surface area contributed by atoms with Crippen LogP contribution >= 0.6 is 11.3 Å². The number of tetrazole rings is 1. The van der Waals surface area contributed by atoms with Gasteiger partial charge in [0.1, 0.15) is 0 Å². The Morgan fingerprint density at radius 1 is 1.11 bits per heavy atom. The summed E-state index contributed by atoms with van der Waals surface area (Å²) in [5.74, 6) is -0.194. The number of nitrogens with one attached hydrogen (secondary N) is 1. The van der Waals surface area contributed by atoms with Crippen LogP contribution < -0.4 is 0 Å². The SMILES string of the molecule is CCCCC(=O)N(Cc1ccc2sc(-c3ccccc3-c3nn[nH]n3)cc2c1)CC1(C(=O)O)CCCC1. The lowest BCUT2D eigenvalue weighted by Gasteiger charge is -2.32. The Morgan fingerprint density at radius 3 is 2.59 bits per heavy atom. The number of carboxylic acids is 1. The molecule has 9 heteroatoms. The van der Waals surface area contributed by atoms with Crippen LogP contribution in [0, 0.1) is 5.41 Å². The van der Waals surface area contributed by atoms with Gasteiger partial charge in [0.05, 0.1) is 5.41 Å². The van der Waals surface area contributed by atoms with Gasteiger partial charge in [-0.05, 0) is 53.6 Å². The van der Waals surface area contributed by atoms with E-state index in [4.69, 9.17) is 0 Å². The zero-order chi connectivity index (χ0) is 25.8. The number of fused-ring (bicyclic) bond motifs is 1. The van der Waals surface area contributed by atoms with Gasteiger partial charge in [-0.15, -0.1) is 21.5 Å². The first-order chi connectivity index (χ1) is 18.0. The number of benzene rings is 2. The summed E-state index contributed by atoms with van der Waals surface area (Å²) in [6.07, 6.45) is 5.25. The molecule has 2 heterocycles. The molecule has 2 N–H and O–H groups in total. The Kier molecular flexibility index (Phi) is 7.32. The van der Waals surface area contributed by atoms with Gasteiger partial charge >= 0.3 is 5.97 Å². The summed E-state index contributed by atoms with van der Waals surface area (Å²) < 4.78 is 1.14. The fourth-order valence-electron chi connectivity index (χ4n) is 5.29. The number of carbonyl (C=O) groups excluding carboxylic acids is 1. The van der Waals surface area contributed by atoms with E-state index in [1.54, 1.807) is 16.2 Å². The number of H-pyrrole nitrogens is 1. The van der Waals surface area contributed by atoms with Crippen LogP contribution in [0.5, 0.6) is 0 Å². The maximum absolute atomic E-state index is 13.2. The van der Waals surface area contributed by atoms with E-state index >= 15 is 0 Å². The van der Waals surface area contributed by atoms with E-state index in [1.165, 1.54) is 0 Å². The number of unbranched alkanes of at least 4 members (excludes halogenated alkanes) is 1. The van der Waals surface area contributed by atoms with Crippen molar-refractivity contribution in [1.82, 2.24) is 25.5 Å². The minimum Gasteiger partial charge on any atom is -0.481 e. The average molecular weight is 518 g/mol. The van der Waals surface area contributed by atoms with E-state index in [0.717, 1.165) is 57.3 Å². The lowest BCUT2D eigenvalue weighted by Crippen LogP contribution is -2.43. The maximum Gasteiger partial charge on any atom is 0.311 e. The minimum absolute atomic E-state index is 0.0366. The van der Waals surface area contributed by atoms with Crippen LogP contribution in [0.25, 0.3) is 31.9 Å². The van der Waals surface area contributed by atoms with Crippen molar-refractivity contribution < 1.29 is 14.7 Å². The van der Waals surface area contributed by atoms with Gasteiger partial charge in [-0.25, -0.2) is 0 Å². The molecule has 192 valence electrons. The molecule has 37 heavy (non-hydrogen) atoms. The second-order valence-corrected chi connectivity index (χ2v) is 11.0. The van der Waals surface area contributed by atoms with Crippen molar-refractivity contribution in [3.8, 4) is 21.8 Å². The lowest BCUT2D eigenvalue weighted by atomic mass is 9.85. The maximum atomic E-state index is 13.2. The van der Waals surface area contributed by atoms with Gasteiger partial charge in [0, 0.05) is 40.2 Å². The summed E-state index contributed by atoms with van der Waals surface area (Å²) in [4.78, 5) is 28.3. The molecule has 2 aromatic heterocycles. The number of hydrogen-bond acceptors (Lipinski definition) is 6. The molecular formula is C28H31N5O3S. The van der Waals surface area contributed by atoms with Crippen LogP contribution in [0.15, 0.2) is 48.5 Å². The van der Waals surface area contributed by atoms with Gasteiger partial charge < -0.3 is 10.0 Å². The molecule has 0 aliphatic heterocycles. The van der Waals surface area contributed by atoms with Crippen LogP contribution in [-0.2, 0) is 16.1 Å². The van der Waals surface area contributed by atoms with Crippen molar-refractivity contribution in [2.75, 3.05) is 6.54 Å². The number of amides is 1. The molecule has 8 nitrogen and oxygen atoms in total. The third kappa shape index (κ3) is 5.27. The summed E-state index contributed by atoms with van der Waals surface area (Å²) in [5.41, 5.74) is 2.12. The summed E-state index contributed by atoms with van der Waals surface area (Å²) >= 11 is 1.69. The number of carbonyl (C=O) groups is 2. The number of carboxylic acid groups (broad SMARTS) is 1. The van der Waals surface area contributed by atoms with Crippen molar-refractivity contribution in [3.05, 3.63) is 54.1 Å². The number of hydrogen-bond donors (Lipinski definition) is 2. The molecular weight excluding hydrogens is 486 g/mol. The van der Waals surface area contributed by atoms with E-state index in [0.29, 0.717) is 31.6 Å². The number of aliphatic carboxylic acids is 1. The molecule has 0 radical (unpaired) electrons. The standard InChI is InChI=1S/C28H31N5O3S/c1-2-3-10-25(34)33(18-28(27(35)36)13-6-7-14-28)17-19-11-12-23-20(15-19)16-24(37-23)21-8-4-5-9-22(21)26-29-31-32-30-26/h4-5,8-9,11-12,15-16H,2-3,6-7,10,13-14,17-18H2,1H3,(H,35,36)(H,29,30,31,32). The van der Waals surface area contributed by atoms with E-state index < -0.39 is 11.4 Å². The van der Waals surface area contributed by atoms with Crippen molar-refractivity contribution >= 4 is 33.3 Å². The Bertz CT molecular complexity index is 1390. The van der Waals surface area contributed by atoms with Gasteiger partial charge in [0.15, 0.2) is 0 Å². The number of thiophene rings is 1. The highest BCUT2D eigenvalue weighted by Gasteiger charge is 2.43. The zero-order valence-electron chi connectivity index (χ0n) is 20.9. The van der Waals surface area contributed by atoms with Gasteiger partial charge in [0.2, 0.25) is 11.7 Å². The molecule has 1 amide bonds. The highest BCUT2D eigenvalue weighted by atomic mass is 32.1. The van der Waals surface area contributed by atoms with Gasteiger partial charge in [-0.1, -0.05) is 56.5 Å². The first-order valence-corrected chi connectivity index (χ1v) is 13.7. The van der Waals surface area contributed by atoms with Gasteiger partial charge in [-0.3, -0.25) is 9.59 Å². The highest BCUT2D eigenvalue weighted by Crippen LogP contribution is 2.40. The zero-order valence-corrected chi connectivity index (χ0v) is 21.8. The molecule has 1 aliphatic rings. The second-order valence-electron chi connectivity index (χ2n) is 9.91. The van der Waals surface area contributed by atoms with E-state index in [1.807, 2.05) is 18.2 Å². The largest absolute Gasteiger partial charge is 0.481 e. The summed E-state index contributed by atoms with van der Waals surface area (Å²) in [7, 11) is 0. The predicted octanol–water partition coefficient (Wildman–Crippen LogP) is 5.91. The Labute approximate surface area is 219 Å². The Morgan fingerprint density at radius 2 is 1.89 bits per heavy atom. The molecule has 1 saturated carbocycles. The monoisotopic (exact) mass is 517 g/mol. The van der Waals surface area contributed by atoms with E-state index in [9.17, 15) is 14.7 Å². The molecule has 1 aliphatic carbocycles. The van der Waals surface area contributed by atoms with Gasteiger partial charge in [0.25, 0.3) is 0 Å². The van der Waals surface area contributed by atoms with E-state index in [2.05, 4.69) is 57.9 Å². The molecule has 2 aromatic carbocycles. The van der Waals surface area contributed by atoms with Crippen LogP contribution in [0.4, 0.5) is 0 Å². The lowest BCUT2D eigenvalue weighted by molar-refractivity contribution is -0.151. The molecule has 5 rings (SSSR count). The quantitative estimate of drug-likeness (QED) is 0.270. The van der Waals surface area contributed by atoms with Crippen molar-refractivity contribution in [2.24, 2.45) is 5.41 Å². The minimum atomic E-state index is -0.833. The molecule has 0 spiro atoms. The number of rotatable bonds is 10. The molecule has 4 aromatic rings. The Hall–Kier alpha value is -3.59. The third-order valence-electron chi connectivity index (χ3n) is 7.34. The third-order valence-corrected chi connectivity index (χ3v) is 8.49. The van der Waals surface area contributed by atoms with Crippen LogP contribution in [-0.4, -0.2) is 49.1 Å². The van der Waals surface area contributed by atoms with Crippen LogP contribution in [0.3, 0.4) is 0 Å². The number of nitrogens with zero attached hydrogens (tertiary/aromatic N) is 4. The smallest absolute Gasteiger partial charge is 0.311 e. The predicted molar refractivity (Wildman–Crippen MR) is 144 cm³/mol. The Balaban J connectivity index is 1.43.